The molecule has 4 aliphatic rings. The van der Waals surface area contributed by atoms with E-state index in [0.29, 0.717) is 11.4 Å². The summed E-state index contributed by atoms with van der Waals surface area (Å²) in [6.07, 6.45) is 0.684. The Kier molecular flexibility index (Phi) is 3.91. The van der Waals surface area contributed by atoms with Gasteiger partial charge in [-0.25, -0.2) is 0 Å². The maximum atomic E-state index is 13.4. The highest BCUT2D eigenvalue weighted by Crippen LogP contribution is 2.62. The Hall–Kier alpha value is -3.35. The summed E-state index contributed by atoms with van der Waals surface area (Å²) in [6, 6.07) is 14.8. The Morgan fingerprint density at radius 2 is 1.42 bits per heavy atom. The molecule has 1 saturated heterocycles. The lowest BCUT2D eigenvalue weighted by atomic mass is 9.71. The molecule has 0 spiro atoms. The maximum Gasteiger partial charge on any atom is 0.238 e. The van der Waals surface area contributed by atoms with Gasteiger partial charge in [0.25, 0.3) is 0 Å². The van der Waals surface area contributed by atoms with Crippen LogP contribution in [0.1, 0.15) is 12.0 Å². The first kappa shape index (κ1) is 18.4. The second-order valence-electron chi connectivity index (χ2n) is 8.63. The number of carbonyl (C=O) groups excluding carboxylic acids is 2. The molecule has 158 valence electrons. The number of amides is 2. The van der Waals surface area contributed by atoms with Crippen LogP contribution in [0.3, 0.4) is 0 Å². The fourth-order valence-electron chi connectivity index (χ4n) is 6.11. The molecule has 7 heteroatoms. The average Bonchev–Trinajstić information content (AvgIpc) is 3.54. The number of oxime groups is 1. The molecule has 2 aromatic rings. The summed E-state index contributed by atoms with van der Waals surface area (Å²) >= 11 is 0. The van der Waals surface area contributed by atoms with Crippen molar-refractivity contribution >= 4 is 23.2 Å². The molecular formula is C24H22N2O5. The van der Waals surface area contributed by atoms with Crippen LogP contribution in [0.15, 0.2) is 53.7 Å². The van der Waals surface area contributed by atoms with Crippen molar-refractivity contribution in [2.75, 3.05) is 19.1 Å². The minimum Gasteiger partial charge on any atom is -0.497 e. The Morgan fingerprint density at radius 3 is 2.03 bits per heavy atom. The van der Waals surface area contributed by atoms with Gasteiger partial charge in [-0.1, -0.05) is 5.16 Å². The lowest BCUT2D eigenvalue weighted by Gasteiger charge is -2.29. The quantitative estimate of drug-likeness (QED) is 0.714. The van der Waals surface area contributed by atoms with Crippen LogP contribution in [0.25, 0.3) is 0 Å². The first-order valence-corrected chi connectivity index (χ1v) is 10.5. The number of carbonyl (C=O) groups is 2. The van der Waals surface area contributed by atoms with Crippen LogP contribution in [0.2, 0.25) is 0 Å². The Morgan fingerprint density at radius 1 is 0.839 bits per heavy atom. The zero-order valence-electron chi connectivity index (χ0n) is 17.2. The molecule has 31 heavy (non-hydrogen) atoms. The van der Waals surface area contributed by atoms with Gasteiger partial charge in [0.15, 0.2) is 0 Å². The van der Waals surface area contributed by atoms with Crippen molar-refractivity contribution in [1.82, 2.24) is 0 Å². The minimum atomic E-state index is -0.328. The van der Waals surface area contributed by atoms with E-state index in [1.807, 2.05) is 24.3 Å². The molecule has 6 rings (SSSR count). The number of nitrogens with zero attached hydrogens (tertiary/aromatic N) is 2. The van der Waals surface area contributed by atoms with Gasteiger partial charge in [0.2, 0.25) is 11.8 Å². The van der Waals surface area contributed by atoms with E-state index in [0.717, 1.165) is 23.4 Å². The number of methoxy groups -OCH3 is 2. The van der Waals surface area contributed by atoms with Crippen molar-refractivity contribution < 1.29 is 23.9 Å². The number of fused-ring (bicyclic) bond motifs is 8. The third-order valence-corrected chi connectivity index (χ3v) is 7.41. The normalized spacial score (nSPS) is 32.6. The maximum absolute atomic E-state index is 13.4. The Bertz CT molecular complexity index is 1090. The van der Waals surface area contributed by atoms with Gasteiger partial charge in [-0.3, -0.25) is 14.5 Å². The Balaban J connectivity index is 1.31. The molecule has 0 radical (unpaired) electrons. The molecule has 2 aliphatic carbocycles. The fourth-order valence-corrected chi connectivity index (χ4v) is 6.11. The van der Waals surface area contributed by atoms with Gasteiger partial charge < -0.3 is 14.3 Å². The van der Waals surface area contributed by atoms with Crippen LogP contribution >= 0.6 is 0 Å². The summed E-state index contributed by atoms with van der Waals surface area (Å²) in [6.45, 7) is 0. The predicted octanol–water partition coefficient (Wildman–Crippen LogP) is 2.88. The molecule has 3 fully saturated rings. The second kappa shape index (κ2) is 6.57. The van der Waals surface area contributed by atoms with Gasteiger partial charge in [0.05, 0.1) is 37.5 Å². The van der Waals surface area contributed by atoms with Crippen molar-refractivity contribution in [3.05, 3.63) is 54.1 Å². The van der Waals surface area contributed by atoms with Crippen molar-refractivity contribution in [2.45, 2.75) is 12.5 Å². The molecular weight excluding hydrogens is 396 g/mol. The largest absolute Gasteiger partial charge is 0.497 e. The van der Waals surface area contributed by atoms with E-state index in [-0.39, 0.29) is 47.5 Å². The first-order chi connectivity index (χ1) is 15.1. The highest BCUT2D eigenvalue weighted by molar-refractivity contribution is 6.23. The van der Waals surface area contributed by atoms with Crippen LogP contribution in [0.4, 0.5) is 5.69 Å². The van der Waals surface area contributed by atoms with Crippen molar-refractivity contribution in [3.63, 3.8) is 0 Å². The third kappa shape index (κ3) is 2.43. The monoisotopic (exact) mass is 418 g/mol. The Labute approximate surface area is 179 Å². The van der Waals surface area contributed by atoms with Crippen LogP contribution in [-0.4, -0.2) is 37.8 Å². The van der Waals surface area contributed by atoms with E-state index in [1.165, 1.54) is 4.90 Å². The summed E-state index contributed by atoms with van der Waals surface area (Å²) in [5.41, 5.74) is 2.45. The van der Waals surface area contributed by atoms with Crippen LogP contribution < -0.4 is 14.4 Å². The summed E-state index contributed by atoms with van der Waals surface area (Å²) < 4.78 is 10.4. The number of imide groups is 1. The SMILES string of the molecule is COc1ccc(C2=NOC3C4CC(C23)C2C(=O)N(c3ccc(OC)cc3)C(=O)C42)cc1. The van der Waals surface area contributed by atoms with Crippen molar-refractivity contribution in [3.8, 4) is 11.5 Å². The highest BCUT2D eigenvalue weighted by atomic mass is 16.6. The summed E-state index contributed by atoms with van der Waals surface area (Å²) in [4.78, 5) is 34.0. The number of hydrogen-bond donors (Lipinski definition) is 0. The van der Waals surface area contributed by atoms with E-state index in [4.69, 9.17) is 14.3 Å². The van der Waals surface area contributed by atoms with Gasteiger partial charge in [-0.15, -0.1) is 0 Å². The predicted molar refractivity (Wildman–Crippen MR) is 112 cm³/mol. The fraction of sp³-hybridized carbons (Fsp3) is 0.375. The number of benzene rings is 2. The smallest absolute Gasteiger partial charge is 0.238 e. The van der Waals surface area contributed by atoms with Crippen LogP contribution in [0, 0.1) is 29.6 Å². The molecule has 2 aromatic carbocycles. The summed E-state index contributed by atoms with van der Waals surface area (Å²) in [5, 5.41) is 4.39. The van der Waals surface area contributed by atoms with Gasteiger partial charge in [0, 0.05) is 17.4 Å². The second-order valence-corrected chi connectivity index (χ2v) is 8.63. The topological polar surface area (TPSA) is 77.4 Å². The highest BCUT2D eigenvalue weighted by Gasteiger charge is 2.70. The lowest BCUT2D eigenvalue weighted by molar-refractivity contribution is -0.125. The van der Waals surface area contributed by atoms with Crippen molar-refractivity contribution in [2.24, 2.45) is 34.7 Å². The molecule has 2 heterocycles. The number of ether oxygens (including phenoxy) is 2. The molecule has 2 bridgehead atoms. The third-order valence-electron chi connectivity index (χ3n) is 7.41. The lowest BCUT2D eigenvalue weighted by Crippen LogP contribution is -2.41. The molecule has 7 nitrogen and oxygen atoms in total. The molecule has 2 saturated carbocycles. The zero-order chi connectivity index (χ0) is 21.3. The molecule has 0 N–H and O–H groups in total. The molecule has 2 amide bonds. The summed E-state index contributed by atoms with van der Waals surface area (Å²) in [5.74, 6) is 0.706. The summed E-state index contributed by atoms with van der Waals surface area (Å²) in [7, 11) is 3.22. The molecule has 6 unspecified atom stereocenters. The molecule has 0 aromatic heterocycles. The number of anilines is 1. The van der Waals surface area contributed by atoms with Crippen LogP contribution in [0.5, 0.6) is 11.5 Å². The van der Waals surface area contributed by atoms with Gasteiger partial charge in [-0.05, 0) is 60.9 Å². The number of hydrogen-bond acceptors (Lipinski definition) is 6. The minimum absolute atomic E-state index is 0.0131. The number of rotatable bonds is 4. The van der Waals surface area contributed by atoms with E-state index in [2.05, 4.69) is 5.16 Å². The average molecular weight is 418 g/mol. The zero-order valence-corrected chi connectivity index (χ0v) is 17.2. The van der Waals surface area contributed by atoms with Crippen LogP contribution in [-0.2, 0) is 14.4 Å². The van der Waals surface area contributed by atoms with Gasteiger partial charge >= 0.3 is 0 Å². The van der Waals surface area contributed by atoms with Gasteiger partial charge in [-0.2, -0.15) is 0 Å². The van der Waals surface area contributed by atoms with E-state index in [1.54, 1.807) is 38.5 Å². The molecule has 6 atom stereocenters. The van der Waals surface area contributed by atoms with Gasteiger partial charge in [0.1, 0.15) is 17.6 Å². The standard InChI is InChI=1S/C24H22N2O5/c1-29-14-7-3-12(4-8-14)21-20-16-11-17(22(20)31-25-21)19-18(16)23(27)26(24(19)28)13-5-9-15(30-2)10-6-13/h3-10,16-20,22H,11H2,1-2H3. The van der Waals surface area contributed by atoms with Crippen molar-refractivity contribution in [1.29, 1.82) is 0 Å². The van der Waals surface area contributed by atoms with E-state index >= 15 is 0 Å². The molecule has 2 aliphatic heterocycles. The van der Waals surface area contributed by atoms with E-state index < -0.39 is 0 Å². The van der Waals surface area contributed by atoms with E-state index in [9.17, 15) is 9.59 Å². The first-order valence-electron chi connectivity index (χ1n) is 10.5.